The lowest BCUT2D eigenvalue weighted by atomic mass is 10.1. The van der Waals surface area contributed by atoms with Gasteiger partial charge in [0.05, 0.1) is 11.1 Å². The number of halogens is 2. The molecule has 0 aliphatic rings. The molecular formula is C9H4F2O2. The van der Waals surface area contributed by atoms with Crippen LogP contribution in [0.4, 0.5) is 8.78 Å². The lowest BCUT2D eigenvalue weighted by Gasteiger charge is -1.99. The van der Waals surface area contributed by atoms with Gasteiger partial charge in [-0.3, -0.25) is 0 Å². The van der Waals surface area contributed by atoms with Crippen LogP contribution in [0.1, 0.15) is 15.9 Å². The molecule has 0 saturated carbocycles. The van der Waals surface area contributed by atoms with Crippen molar-refractivity contribution in [3.8, 4) is 12.3 Å². The number of carbonyl (C=O) groups is 1. The second kappa shape index (κ2) is 3.23. The van der Waals surface area contributed by atoms with Crippen molar-refractivity contribution >= 4 is 5.97 Å². The first-order chi connectivity index (χ1) is 6.06. The van der Waals surface area contributed by atoms with Crippen LogP contribution in [0, 0.1) is 24.0 Å². The van der Waals surface area contributed by atoms with Crippen molar-refractivity contribution in [2.45, 2.75) is 0 Å². The molecule has 13 heavy (non-hydrogen) atoms. The van der Waals surface area contributed by atoms with Gasteiger partial charge in [-0.05, 0) is 12.1 Å². The molecule has 2 nitrogen and oxygen atoms in total. The first-order valence-corrected chi connectivity index (χ1v) is 3.25. The molecule has 1 N–H and O–H groups in total. The highest BCUT2D eigenvalue weighted by atomic mass is 19.1. The molecule has 66 valence electrons. The van der Waals surface area contributed by atoms with E-state index in [2.05, 4.69) is 0 Å². The van der Waals surface area contributed by atoms with E-state index in [1.807, 2.05) is 0 Å². The van der Waals surface area contributed by atoms with Crippen LogP contribution in [0.15, 0.2) is 12.1 Å². The Morgan fingerprint density at radius 2 is 1.85 bits per heavy atom. The molecule has 0 fully saturated rings. The summed E-state index contributed by atoms with van der Waals surface area (Å²) in [4.78, 5) is 10.3. The fourth-order valence-corrected chi connectivity index (χ4v) is 0.834. The van der Waals surface area contributed by atoms with Crippen molar-refractivity contribution in [1.82, 2.24) is 0 Å². The Morgan fingerprint density at radius 1 is 1.38 bits per heavy atom. The lowest BCUT2D eigenvalue weighted by Crippen LogP contribution is -2.00. The molecule has 0 bridgehead atoms. The Balaban J connectivity index is 3.39. The van der Waals surface area contributed by atoms with Crippen molar-refractivity contribution in [2.75, 3.05) is 0 Å². The summed E-state index contributed by atoms with van der Waals surface area (Å²) < 4.78 is 25.7. The first-order valence-electron chi connectivity index (χ1n) is 3.25. The van der Waals surface area contributed by atoms with Crippen molar-refractivity contribution in [1.29, 1.82) is 0 Å². The van der Waals surface area contributed by atoms with Crippen molar-refractivity contribution in [3.05, 3.63) is 34.9 Å². The van der Waals surface area contributed by atoms with Crippen LogP contribution in [0.2, 0.25) is 0 Å². The SMILES string of the molecule is C#Cc1c(F)cc(C(=O)O)cc1F. The van der Waals surface area contributed by atoms with E-state index in [1.54, 1.807) is 5.92 Å². The summed E-state index contributed by atoms with van der Waals surface area (Å²) >= 11 is 0. The number of aromatic carboxylic acids is 1. The molecule has 0 heterocycles. The molecule has 0 unspecified atom stereocenters. The summed E-state index contributed by atoms with van der Waals surface area (Å²) in [6.45, 7) is 0. The van der Waals surface area contributed by atoms with Gasteiger partial charge in [0, 0.05) is 0 Å². The molecule has 1 aromatic carbocycles. The average molecular weight is 182 g/mol. The molecule has 0 aromatic heterocycles. The van der Waals surface area contributed by atoms with E-state index in [-0.39, 0.29) is 0 Å². The zero-order valence-electron chi connectivity index (χ0n) is 6.34. The fraction of sp³-hybridized carbons (Fsp3) is 0. The van der Waals surface area contributed by atoms with Gasteiger partial charge >= 0.3 is 5.97 Å². The third-order valence-electron chi connectivity index (χ3n) is 1.43. The van der Waals surface area contributed by atoms with Crippen molar-refractivity contribution in [2.24, 2.45) is 0 Å². The van der Waals surface area contributed by atoms with Gasteiger partial charge in [-0.1, -0.05) is 5.92 Å². The number of benzene rings is 1. The molecule has 0 aliphatic carbocycles. The second-order valence-electron chi connectivity index (χ2n) is 2.26. The third kappa shape index (κ3) is 1.64. The van der Waals surface area contributed by atoms with E-state index < -0.39 is 28.7 Å². The summed E-state index contributed by atoms with van der Waals surface area (Å²) in [5, 5.41) is 8.41. The van der Waals surface area contributed by atoms with E-state index in [0.29, 0.717) is 12.1 Å². The number of rotatable bonds is 1. The van der Waals surface area contributed by atoms with Gasteiger partial charge in [0.15, 0.2) is 0 Å². The van der Waals surface area contributed by atoms with E-state index in [9.17, 15) is 13.6 Å². The van der Waals surface area contributed by atoms with Crippen molar-refractivity contribution in [3.63, 3.8) is 0 Å². The molecule has 0 spiro atoms. The van der Waals surface area contributed by atoms with E-state index in [1.165, 1.54) is 0 Å². The monoisotopic (exact) mass is 182 g/mol. The molecule has 0 saturated heterocycles. The average Bonchev–Trinajstić information content (AvgIpc) is 2.03. The van der Waals surface area contributed by atoms with Gasteiger partial charge in [-0.25, -0.2) is 13.6 Å². The zero-order valence-corrected chi connectivity index (χ0v) is 6.34. The van der Waals surface area contributed by atoms with Gasteiger partial charge in [-0.2, -0.15) is 0 Å². The Kier molecular flexibility index (Phi) is 2.29. The van der Waals surface area contributed by atoms with E-state index in [0.717, 1.165) is 0 Å². The Labute approximate surface area is 72.8 Å². The molecular weight excluding hydrogens is 178 g/mol. The van der Waals surface area contributed by atoms with Crippen LogP contribution in [-0.2, 0) is 0 Å². The number of hydrogen-bond acceptors (Lipinski definition) is 1. The number of carboxylic acids is 1. The minimum absolute atomic E-state index is 0.464. The van der Waals surface area contributed by atoms with Crippen LogP contribution in [-0.4, -0.2) is 11.1 Å². The van der Waals surface area contributed by atoms with Crippen molar-refractivity contribution < 1.29 is 18.7 Å². The topological polar surface area (TPSA) is 37.3 Å². The van der Waals surface area contributed by atoms with Gasteiger partial charge in [0.25, 0.3) is 0 Å². The minimum atomic E-state index is -1.40. The largest absolute Gasteiger partial charge is 0.478 e. The summed E-state index contributed by atoms with van der Waals surface area (Å²) in [7, 11) is 0. The van der Waals surface area contributed by atoms with E-state index >= 15 is 0 Å². The third-order valence-corrected chi connectivity index (χ3v) is 1.43. The first kappa shape index (κ1) is 9.20. The van der Waals surface area contributed by atoms with Gasteiger partial charge in [-0.15, -0.1) is 6.42 Å². The quantitative estimate of drug-likeness (QED) is 0.670. The maximum absolute atomic E-state index is 12.8. The highest BCUT2D eigenvalue weighted by Gasteiger charge is 2.12. The maximum Gasteiger partial charge on any atom is 0.335 e. The van der Waals surface area contributed by atoms with Gasteiger partial charge < -0.3 is 5.11 Å². The standard InChI is InChI=1S/C9H4F2O2/c1-2-6-7(10)3-5(9(12)13)4-8(6)11/h1,3-4H,(H,12,13). The van der Waals surface area contributed by atoms with Crippen LogP contribution in [0.5, 0.6) is 0 Å². The lowest BCUT2D eigenvalue weighted by molar-refractivity contribution is 0.0695. The number of terminal acetylenes is 1. The van der Waals surface area contributed by atoms with Crippen LogP contribution < -0.4 is 0 Å². The summed E-state index contributed by atoms with van der Waals surface area (Å²) in [6.07, 6.45) is 4.80. The Bertz CT molecular complexity index is 382. The van der Waals surface area contributed by atoms with Gasteiger partial charge in [0.1, 0.15) is 11.6 Å². The van der Waals surface area contributed by atoms with Gasteiger partial charge in [0.2, 0.25) is 0 Å². The summed E-state index contributed by atoms with van der Waals surface area (Å²) in [5.74, 6) is -1.70. The summed E-state index contributed by atoms with van der Waals surface area (Å²) in [6, 6.07) is 1.36. The predicted octanol–water partition coefficient (Wildman–Crippen LogP) is 1.64. The van der Waals surface area contributed by atoms with Crippen LogP contribution >= 0.6 is 0 Å². The molecule has 1 aromatic rings. The normalized spacial score (nSPS) is 9.31. The maximum atomic E-state index is 12.8. The highest BCUT2D eigenvalue weighted by molar-refractivity contribution is 5.87. The number of hydrogen-bond donors (Lipinski definition) is 1. The zero-order chi connectivity index (χ0) is 10.0. The molecule has 0 amide bonds. The fourth-order valence-electron chi connectivity index (χ4n) is 0.834. The number of carboxylic acid groups (broad SMARTS) is 1. The predicted molar refractivity (Wildman–Crippen MR) is 41.3 cm³/mol. The molecule has 0 atom stereocenters. The minimum Gasteiger partial charge on any atom is -0.478 e. The molecule has 1 rings (SSSR count). The van der Waals surface area contributed by atoms with E-state index in [4.69, 9.17) is 11.5 Å². The smallest absolute Gasteiger partial charge is 0.335 e. The van der Waals surface area contributed by atoms with Crippen LogP contribution in [0.3, 0.4) is 0 Å². The van der Waals surface area contributed by atoms with Crippen LogP contribution in [0.25, 0.3) is 0 Å². The Hall–Kier alpha value is -1.89. The molecule has 0 aliphatic heterocycles. The Morgan fingerprint density at radius 3 is 2.15 bits per heavy atom. The molecule has 4 heteroatoms. The second-order valence-corrected chi connectivity index (χ2v) is 2.26. The highest BCUT2D eigenvalue weighted by Crippen LogP contribution is 2.14. The molecule has 0 radical (unpaired) electrons. The summed E-state index contributed by atoms with van der Waals surface area (Å²) in [5.41, 5.74) is -1.01.